The fourth-order valence-corrected chi connectivity index (χ4v) is 6.38. The summed E-state index contributed by atoms with van der Waals surface area (Å²) in [4.78, 5) is 25.6. The second-order valence-corrected chi connectivity index (χ2v) is 10.9. The number of nitrogens with zero attached hydrogens (tertiary/aromatic N) is 5. The summed E-state index contributed by atoms with van der Waals surface area (Å²) in [5.41, 5.74) is 4.51. The maximum Gasteiger partial charge on any atom is 0.241 e. The summed E-state index contributed by atoms with van der Waals surface area (Å²) in [5.74, 6) is 1.01. The number of aliphatic imine (C=N–C) groups is 1. The first-order chi connectivity index (χ1) is 17.3. The van der Waals surface area contributed by atoms with Crippen molar-refractivity contribution in [1.29, 1.82) is 0 Å². The molecule has 4 heterocycles. The third-order valence-electron chi connectivity index (χ3n) is 8.37. The van der Waals surface area contributed by atoms with E-state index in [4.69, 9.17) is 4.98 Å². The minimum Gasteiger partial charge on any atom is -0.350 e. The number of hydrogen-bond acceptors (Lipinski definition) is 6. The van der Waals surface area contributed by atoms with Crippen LogP contribution in [0, 0.1) is 11.3 Å². The molecular weight excluding hydrogens is 462 g/mol. The second kappa shape index (κ2) is 8.71. The van der Waals surface area contributed by atoms with Crippen LogP contribution in [0.3, 0.4) is 0 Å². The normalized spacial score (nSPS) is 27.8. The smallest absolute Gasteiger partial charge is 0.241 e. The second-order valence-electron chi connectivity index (χ2n) is 10.9. The quantitative estimate of drug-likeness (QED) is 0.458. The molecule has 1 aliphatic heterocycles. The van der Waals surface area contributed by atoms with E-state index >= 15 is 0 Å². The molecule has 6 rings (SSSR count). The van der Waals surface area contributed by atoms with Crippen LogP contribution in [0.15, 0.2) is 35.6 Å². The molecule has 2 saturated carbocycles. The van der Waals surface area contributed by atoms with Gasteiger partial charge in [0.1, 0.15) is 5.78 Å². The minimum atomic E-state index is -2.41. The lowest BCUT2D eigenvalue weighted by Gasteiger charge is -2.51. The number of rotatable bonds is 6. The number of anilines is 1. The molecule has 9 heteroatoms. The van der Waals surface area contributed by atoms with Gasteiger partial charge >= 0.3 is 0 Å². The molecule has 0 aromatic carbocycles. The highest BCUT2D eigenvalue weighted by atomic mass is 19.3. The van der Waals surface area contributed by atoms with Gasteiger partial charge in [-0.3, -0.25) is 9.79 Å². The summed E-state index contributed by atoms with van der Waals surface area (Å²) < 4.78 is 28.0. The molecule has 7 nitrogen and oxygen atoms in total. The Hall–Kier alpha value is -3.23. The largest absolute Gasteiger partial charge is 0.350 e. The fourth-order valence-electron chi connectivity index (χ4n) is 6.38. The van der Waals surface area contributed by atoms with Crippen molar-refractivity contribution in [3.8, 4) is 11.3 Å². The van der Waals surface area contributed by atoms with E-state index in [1.54, 1.807) is 17.6 Å². The van der Waals surface area contributed by atoms with E-state index in [-0.39, 0.29) is 11.8 Å². The third kappa shape index (κ3) is 4.08. The molecule has 2 unspecified atom stereocenters. The Morgan fingerprint density at radius 1 is 1.25 bits per heavy atom. The number of Topliss-reactive ketones (excluding diaryl/α,β-unsaturated/α-hetero) is 1. The van der Waals surface area contributed by atoms with Crippen LogP contribution in [-0.4, -0.2) is 43.5 Å². The molecule has 36 heavy (non-hydrogen) atoms. The average Bonchev–Trinajstić information content (AvgIpc) is 3.38. The molecule has 3 aromatic heterocycles. The van der Waals surface area contributed by atoms with Crippen LogP contribution in [0.4, 0.5) is 20.4 Å². The van der Waals surface area contributed by atoms with Crippen molar-refractivity contribution in [2.45, 2.75) is 77.2 Å². The Bertz CT molecular complexity index is 1360. The Morgan fingerprint density at radius 3 is 2.86 bits per heavy atom. The van der Waals surface area contributed by atoms with Crippen molar-refractivity contribution in [2.75, 3.05) is 5.32 Å². The van der Waals surface area contributed by atoms with Gasteiger partial charge in [0, 0.05) is 48.7 Å². The predicted octanol–water partition coefficient (Wildman–Crippen LogP) is 5.98. The average molecular weight is 493 g/mol. The van der Waals surface area contributed by atoms with Gasteiger partial charge in [-0.1, -0.05) is 6.92 Å². The zero-order valence-corrected chi connectivity index (χ0v) is 20.5. The molecule has 2 fully saturated rings. The molecule has 2 atom stereocenters. The number of hydrogen-bond donors (Lipinski definition) is 1. The number of aromatic nitrogens is 4. The van der Waals surface area contributed by atoms with Gasteiger partial charge in [-0.15, -0.1) is 5.10 Å². The number of carbonyl (C=O) groups excluding carboxylic acids is 1. The van der Waals surface area contributed by atoms with Gasteiger partial charge in [0.2, 0.25) is 12.4 Å². The monoisotopic (exact) mass is 492 g/mol. The van der Waals surface area contributed by atoms with E-state index < -0.39 is 12.3 Å². The summed E-state index contributed by atoms with van der Waals surface area (Å²) in [6.07, 6.45) is 6.62. The van der Waals surface area contributed by atoms with Crippen LogP contribution in [0.25, 0.3) is 16.8 Å². The van der Waals surface area contributed by atoms with Gasteiger partial charge in [0.05, 0.1) is 28.8 Å². The highest BCUT2D eigenvalue weighted by Crippen LogP contribution is 2.51. The number of nitrogens with one attached hydrogen (secondary N) is 1. The highest BCUT2D eigenvalue weighted by molar-refractivity contribution is 5.96. The lowest BCUT2D eigenvalue weighted by Crippen LogP contribution is -2.49. The van der Waals surface area contributed by atoms with Gasteiger partial charge in [-0.05, 0) is 62.1 Å². The van der Waals surface area contributed by atoms with Crippen LogP contribution in [0.2, 0.25) is 0 Å². The first-order valence-corrected chi connectivity index (χ1v) is 12.8. The van der Waals surface area contributed by atoms with Crippen LogP contribution in [-0.2, 0) is 4.79 Å². The molecule has 0 radical (unpaired) electrons. The van der Waals surface area contributed by atoms with Gasteiger partial charge in [-0.25, -0.2) is 23.3 Å². The molecule has 0 bridgehead atoms. The zero-order valence-electron chi connectivity index (χ0n) is 20.5. The van der Waals surface area contributed by atoms with E-state index in [0.717, 1.165) is 49.6 Å². The van der Waals surface area contributed by atoms with Crippen LogP contribution < -0.4 is 5.32 Å². The molecule has 0 spiro atoms. The van der Waals surface area contributed by atoms with Crippen LogP contribution >= 0.6 is 0 Å². The molecule has 2 aliphatic carbocycles. The van der Waals surface area contributed by atoms with Crippen molar-refractivity contribution in [2.24, 2.45) is 16.3 Å². The standard InChI is InChI=1S/C27H30F2N6O/c1-15-20(11-24(28)29)25-22(31-15)7-6-21(33-25)19-8-9-35-23(19)14-30-26(34-35)32-17-12-27(2,13-17)16-4-3-5-18(36)10-16/h6-9,14,16-17,20,24H,3-5,10-13H2,1-2H3,(H,32,34). The van der Waals surface area contributed by atoms with E-state index in [0.29, 0.717) is 46.5 Å². The number of carbonyl (C=O) groups is 1. The topological polar surface area (TPSA) is 84.5 Å². The summed E-state index contributed by atoms with van der Waals surface area (Å²) in [6.45, 7) is 4.09. The Kier molecular flexibility index (Phi) is 5.61. The lowest BCUT2D eigenvalue weighted by atomic mass is 9.56. The molecule has 3 aliphatic rings. The number of alkyl halides is 2. The number of halogens is 2. The SMILES string of the molecule is CC1=Nc2ccc(-c3ccn4nc(NC5CC(C)(C6CCCC(=O)C6)C5)ncc34)nc2C1CC(F)F. The molecule has 0 saturated heterocycles. The van der Waals surface area contributed by atoms with E-state index in [9.17, 15) is 13.6 Å². The molecule has 188 valence electrons. The highest BCUT2D eigenvalue weighted by Gasteiger charge is 2.47. The van der Waals surface area contributed by atoms with Crippen molar-refractivity contribution >= 4 is 28.6 Å². The summed E-state index contributed by atoms with van der Waals surface area (Å²) in [5, 5.41) is 8.10. The predicted molar refractivity (Wildman–Crippen MR) is 134 cm³/mol. The Labute approximate surface area is 208 Å². The van der Waals surface area contributed by atoms with Gasteiger partial charge in [-0.2, -0.15) is 0 Å². The van der Waals surface area contributed by atoms with Crippen molar-refractivity contribution in [3.05, 3.63) is 36.3 Å². The lowest BCUT2D eigenvalue weighted by molar-refractivity contribution is -0.124. The van der Waals surface area contributed by atoms with Crippen LogP contribution in [0.1, 0.15) is 70.4 Å². The van der Waals surface area contributed by atoms with E-state index in [1.165, 1.54) is 0 Å². The van der Waals surface area contributed by atoms with Crippen molar-refractivity contribution in [1.82, 2.24) is 19.6 Å². The fraction of sp³-hybridized carbons (Fsp3) is 0.519. The Balaban J connectivity index is 1.17. The summed E-state index contributed by atoms with van der Waals surface area (Å²) in [7, 11) is 0. The first kappa shape index (κ1) is 23.2. The first-order valence-electron chi connectivity index (χ1n) is 12.8. The maximum atomic E-state index is 13.1. The molecule has 1 N–H and O–H groups in total. The van der Waals surface area contributed by atoms with Crippen molar-refractivity contribution in [3.63, 3.8) is 0 Å². The maximum absolute atomic E-state index is 13.1. The van der Waals surface area contributed by atoms with Crippen molar-refractivity contribution < 1.29 is 13.6 Å². The van der Waals surface area contributed by atoms with Gasteiger partial charge < -0.3 is 5.32 Å². The molecule has 0 amide bonds. The number of ketones is 1. The summed E-state index contributed by atoms with van der Waals surface area (Å²) in [6, 6.07) is 5.94. The molecule has 3 aromatic rings. The van der Waals surface area contributed by atoms with Gasteiger partial charge in [0.15, 0.2) is 0 Å². The number of pyridine rings is 1. The summed E-state index contributed by atoms with van der Waals surface area (Å²) >= 11 is 0. The third-order valence-corrected chi connectivity index (χ3v) is 8.37. The number of fused-ring (bicyclic) bond motifs is 2. The molecular formula is C27H30F2N6O. The zero-order chi connectivity index (χ0) is 25.0. The minimum absolute atomic E-state index is 0.210. The van der Waals surface area contributed by atoms with Gasteiger partial charge in [0.25, 0.3) is 0 Å². The van der Waals surface area contributed by atoms with E-state index in [2.05, 4.69) is 27.3 Å². The Morgan fingerprint density at radius 2 is 2.08 bits per heavy atom. The van der Waals surface area contributed by atoms with E-state index in [1.807, 2.05) is 24.4 Å². The van der Waals surface area contributed by atoms with Crippen LogP contribution in [0.5, 0.6) is 0 Å².